The first-order chi connectivity index (χ1) is 8.11. The minimum absolute atomic E-state index is 0.0766. The number of hydrogen-bond acceptors (Lipinski definition) is 1. The highest BCUT2D eigenvalue weighted by Gasteiger charge is 2.29. The van der Waals surface area contributed by atoms with E-state index in [9.17, 15) is 9.18 Å². The van der Waals surface area contributed by atoms with Crippen LogP contribution in [0.15, 0.2) is 18.2 Å². The van der Waals surface area contributed by atoms with Crippen LogP contribution in [0.2, 0.25) is 5.02 Å². The molecule has 0 saturated carbocycles. The lowest BCUT2D eigenvalue weighted by molar-refractivity contribution is -0.129. The maximum absolute atomic E-state index is 13.6. The Kier molecular flexibility index (Phi) is 3.89. The van der Waals surface area contributed by atoms with Crippen LogP contribution in [0.1, 0.15) is 23.8 Å². The zero-order valence-corrected chi connectivity index (χ0v) is 10.6. The zero-order valence-electron chi connectivity index (χ0n) is 9.13. The topological polar surface area (TPSA) is 20.3 Å². The van der Waals surface area contributed by atoms with Crippen LogP contribution >= 0.6 is 23.2 Å². The Bertz CT molecular complexity index is 412. The van der Waals surface area contributed by atoms with Gasteiger partial charge >= 0.3 is 0 Å². The Morgan fingerprint density at radius 1 is 1.35 bits per heavy atom. The number of nitrogens with zero attached hydrogens (tertiary/aromatic N) is 1. The van der Waals surface area contributed by atoms with Gasteiger partial charge in [-0.15, -0.1) is 11.6 Å². The van der Waals surface area contributed by atoms with Crippen LogP contribution < -0.4 is 0 Å². The van der Waals surface area contributed by atoms with Gasteiger partial charge in [-0.25, -0.2) is 4.39 Å². The standard InChI is InChI=1S/C12H12Cl2FNO/c13-8-4-3-5-9(15)10(8)11(14)12(17)16-6-1-2-7-16/h3-5,11H,1-2,6-7H2. The number of carbonyl (C=O) groups is 1. The van der Waals surface area contributed by atoms with Crippen molar-refractivity contribution in [2.45, 2.75) is 18.2 Å². The fourth-order valence-corrected chi connectivity index (χ4v) is 2.66. The number of hydrogen-bond donors (Lipinski definition) is 0. The summed E-state index contributed by atoms with van der Waals surface area (Å²) in [7, 11) is 0. The summed E-state index contributed by atoms with van der Waals surface area (Å²) in [6.07, 6.45) is 1.95. The average molecular weight is 276 g/mol. The third kappa shape index (κ3) is 2.55. The summed E-state index contributed by atoms with van der Waals surface area (Å²) < 4.78 is 13.6. The summed E-state index contributed by atoms with van der Waals surface area (Å²) in [5.74, 6) is -0.804. The Morgan fingerprint density at radius 2 is 2.00 bits per heavy atom. The smallest absolute Gasteiger partial charge is 0.245 e. The third-order valence-corrected chi connectivity index (χ3v) is 3.62. The van der Waals surface area contributed by atoms with E-state index in [0.29, 0.717) is 13.1 Å². The maximum Gasteiger partial charge on any atom is 0.245 e. The molecule has 1 aliphatic heterocycles. The second kappa shape index (κ2) is 5.23. The largest absolute Gasteiger partial charge is 0.341 e. The van der Waals surface area contributed by atoms with Crippen molar-refractivity contribution in [3.05, 3.63) is 34.6 Å². The normalized spacial score (nSPS) is 17.2. The van der Waals surface area contributed by atoms with E-state index in [-0.39, 0.29) is 16.5 Å². The SMILES string of the molecule is O=C(C(Cl)c1c(F)cccc1Cl)N1CCCC1. The molecular weight excluding hydrogens is 264 g/mol. The first-order valence-corrected chi connectivity index (χ1v) is 6.29. The number of amides is 1. The van der Waals surface area contributed by atoms with Crippen LogP contribution in [0, 0.1) is 5.82 Å². The monoisotopic (exact) mass is 275 g/mol. The molecule has 0 N–H and O–H groups in total. The molecule has 17 heavy (non-hydrogen) atoms. The van der Waals surface area contributed by atoms with Crippen molar-refractivity contribution in [3.63, 3.8) is 0 Å². The van der Waals surface area contributed by atoms with Crippen molar-refractivity contribution >= 4 is 29.1 Å². The minimum atomic E-state index is -1.04. The van der Waals surface area contributed by atoms with Gasteiger partial charge in [-0.2, -0.15) is 0 Å². The Balaban J connectivity index is 2.24. The van der Waals surface area contributed by atoms with E-state index < -0.39 is 11.2 Å². The number of halogens is 3. The lowest BCUT2D eigenvalue weighted by atomic mass is 10.1. The van der Waals surface area contributed by atoms with E-state index in [0.717, 1.165) is 12.8 Å². The Morgan fingerprint density at radius 3 is 2.59 bits per heavy atom. The molecule has 1 saturated heterocycles. The van der Waals surface area contributed by atoms with Gasteiger partial charge in [-0.1, -0.05) is 17.7 Å². The minimum Gasteiger partial charge on any atom is -0.341 e. The molecule has 5 heteroatoms. The third-order valence-electron chi connectivity index (χ3n) is 2.89. The summed E-state index contributed by atoms with van der Waals surface area (Å²) in [6.45, 7) is 1.38. The van der Waals surface area contributed by atoms with Gasteiger partial charge in [-0.05, 0) is 25.0 Å². The summed E-state index contributed by atoms with van der Waals surface area (Å²) in [5.41, 5.74) is 0.0766. The van der Waals surface area contributed by atoms with Crippen molar-refractivity contribution in [2.75, 3.05) is 13.1 Å². The molecule has 1 aromatic carbocycles. The number of likely N-dealkylation sites (tertiary alicyclic amines) is 1. The molecule has 2 nitrogen and oxygen atoms in total. The van der Waals surface area contributed by atoms with E-state index in [4.69, 9.17) is 23.2 Å². The van der Waals surface area contributed by atoms with Gasteiger partial charge in [0.25, 0.3) is 0 Å². The van der Waals surface area contributed by atoms with Crippen LogP contribution in [0.5, 0.6) is 0 Å². The maximum atomic E-state index is 13.6. The molecule has 1 aliphatic rings. The van der Waals surface area contributed by atoms with Crippen molar-refractivity contribution in [2.24, 2.45) is 0 Å². The number of alkyl halides is 1. The lowest BCUT2D eigenvalue weighted by Crippen LogP contribution is -2.31. The van der Waals surface area contributed by atoms with Gasteiger partial charge in [0.2, 0.25) is 5.91 Å². The fraction of sp³-hybridized carbons (Fsp3) is 0.417. The van der Waals surface area contributed by atoms with E-state index in [1.807, 2.05) is 0 Å². The van der Waals surface area contributed by atoms with Gasteiger partial charge in [0.1, 0.15) is 11.2 Å². The molecule has 1 amide bonds. The van der Waals surface area contributed by atoms with Crippen LogP contribution in [0.3, 0.4) is 0 Å². The van der Waals surface area contributed by atoms with Crippen molar-refractivity contribution in [1.29, 1.82) is 0 Å². The summed E-state index contributed by atoms with van der Waals surface area (Å²) >= 11 is 11.9. The highest BCUT2D eigenvalue weighted by molar-refractivity contribution is 6.35. The molecule has 1 heterocycles. The molecule has 92 valence electrons. The summed E-state index contributed by atoms with van der Waals surface area (Å²) in [5, 5.41) is -0.848. The Labute approximate surface area is 109 Å². The van der Waals surface area contributed by atoms with Crippen molar-refractivity contribution < 1.29 is 9.18 Å². The van der Waals surface area contributed by atoms with E-state index in [1.54, 1.807) is 4.90 Å². The molecule has 0 aliphatic carbocycles. The summed E-state index contributed by atoms with van der Waals surface area (Å²) in [6, 6.07) is 4.28. The highest BCUT2D eigenvalue weighted by Crippen LogP contribution is 2.32. The molecule has 1 aromatic rings. The molecule has 0 radical (unpaired) electrons. The van der Waals surface area contributed by atoms with Gasteiger partial charge in [0, 0.05) is 23.7 Å². The van der Waals surface area contributed by atoms with Gasteiger partial charge in [0.05, 0.1) is 0 Å². The zero-order chi connectivity index (χ0) is 12.4. The molecule has 1 fully saturated rings. The van der Waals surface area contributed by atoms with Crippen LogP contribution in [-0.4, -0.2) is 23.9 Å². The van der Waals surface area contributed by atoms with Gasteiger partial charge < -0.3 is 4.90 Å². The first kappa shape index (κ1) is 12.7. The number of carbonyl (C=O) groups excluding carboxylic acids is 1. The van der Waals surface area contributed by atoms with Crippen LogP contribution in [0.4, 0.5) is 4.39 Å². The van der Waals surface area contributed by atoms with E-state index in [1.165, 1.54) is 18.2 Å². The predicted octanol–water partition coefficient (Wildman–Crippen LogP) is 3.38. The molecule has 1 unspecified atom stereocenters. The molecular formula is C12H12Cl2FNO. The number of rotatable bonds is 2. The van der Waals surface area contributed by atoms with Crippen molar-refractivity contribution in [3.8, 4) is 0 Å². The summed E-state index contributed by atoms with van der Waals surface area (Å²) in [4.78, 5) is 13.7. The lowest BCUT2D eigenvalue weighted by Gasteiger charge is -2.20. The average Bonchev–Trinajstić information content (AvgIpc) is 2.81. The number of benzene rings is 1. The highest BCUT2D eigenvalue weighted by atomic mass is 35.5. The van der Waals surface area contributed by atoms with Gasteiger partial charge in [-0.3, -0.25) is 4.79 Å². The predicted molar refractivity (Wildman–Crippen MR) is 65.8 cm³/mol. The molecule has 0 aromatic heterocycles. The Hall–Kier alpha value is -0.800. The first-order valence-electron chi connectivity index (χ1n) is 5.48. The molecule has 0 bridgehead atoms. The fourth-order valence-electron chi connectivity index (χ4n) is 1.97. The second-order valence-electron chi connectivity index (χ2n) is 4.03. The van der Waals surface area contributed by atoms with E-state index in [2.05, 4.69) is 0 Å². The van der Waals surface area contributed by atoms with Gasteiger partial charge in [0.15, 0.2) is 0 Å². The van der Waals surface area contributed by atoms with Crippen molar-refractivity contribution in [1.82, 2.24) is 4.90 Å². The van der Waals surface area contributed by atoms with Crippen LogP contribution in [0.25, 0.3) is 0 Å². The molecule has 2 rings (SSSR count). The van der Waals surface area contributed by atoms with Crippen LogP contribution in [-0.2, 0) is 4.79 Å². The van der Waals surface area contributed by atoms with E-state index >= 15 is 0 Å². The second-order valence-corrected chi connectivity index (χ2v) is 4.87. The quantitative estimate of drug-likeness (QED) is 0.758. The molecule has 1 atom stereocenters. The molecule has 0 spiro atoms.